The minimum Gasteiger partial charge on any atom is -0.496 e. The number of aryl methyl sites for hydroxylation is 1. The van der Waals surface area contributed by atoms with Crippen LogP contribution in [-0.4, -0.2) is 37.0 Å². The predicted molar refractivity (Wildman–Crippen MR) is 75.3 cm³/mol. The molecule has 2 unspecified atom stereocenters. The summed E-state index contributed by atoms with van der Waals surface area (Å²) in [5, 5.41) is 0. The standard InChI is InChI=1S/C15H22N2O2/c1-10-5-4-6-13(15(10)19-3)12-7-8-17(11(2)18)9-14(12)16/h4-6,12,14H,7-9,16H2,1-3H3. The predicted octanol–water partition coefficient (Wildman–Crippen LogP) is 1.67. The number of likely N-dealkylation sites (tertiary alicyclic amines) is 1. The van der Waals surface area contributed by atoms with Crippen molar-refractivity contribution in [3.05, 3.63) is 29.3 Å². The Morgan fingerprint density at radius 3 is 2.79 bits per heavy atom. The second kappa shape index (κ2) is 5.61. The zero-order chi connectivity index (χ0) is 14.0. The van der Waals surface area contributed by atoms with Gasteiger partial charge in [0.25, 0.3) is 0 Å². The highest BCUT2D eigenvalue weighted by atomic mass is 16.5. The quantitative estimate of drug-likeness (QED) is 0.882. The average molecular weight is 262 g/mol. The lowest BCUT2D eigenvalue weighted by atomic mass is 9.84. The van der Waals surface area contributed by atoms with Crippen LogP contribution in [0.4, 0.5) is 0 Å². The van der Waals surface area contributed by atoms with Crippen LogP contribution in [0.1, 0.15) is 30.4 Å². The van der Waals surface area contributed by atoms with Crippen molar-refractivity contribution < 1.29 is 9.53 Å². The molecule has 0 aromatic heterocycles. The fourth-order valence-corrected chi connectivity index (χ4v) is 2.90. The van der Waals surface area contributed by atoms with E-state index in [1.165, 1.54) is 5.56 Å². The Labute approximate surface area is 114 Å². The molecule has 1 aliphatic rings. The van der Waals surface area contributed by atoms with Crippen LogP contribution in [-0.2, 0) is 4.79 Å². The van der Waals surface area contributed by atoms with Crippen LogP contribution in [0.5, 0.6) is 5.75 Å². The van der Waals surface area contributed by atoms with E-state index in [4.69, 9.17) is 10.5 Å². The van der Waals surface area contributed by atoms with Crippen molar-refractivity contribution in [3.63, 3.8) is 0 Å². The van der Waals surface area contributed by atoms with Gasteiger partial charge < -0.3 is 15.4 Å². The normalized spacial score (nSPS) is 23.3. The molecular weight excluding hydrogens is 240 g/mol. The van der Waals surface area contributed by atoms with Crippen molar-refractivity contribution in [2.24, 2.45) is 5.73 Å². The van der Waals surface area contributed by atoms with E-state index in [1.807, 2.05) is 24.0 Å². The molecule has 1 amide bonds. The Morgan fingerprint density at radius 2 is 2.21 bits per heavy atom. The fraction of sp³-hybridized carbons (Fsp3) is 0.533. The lowest BCUT2D eigenvalue weighted by Crippen LogP contribution is -2.49. The molecule has 0 saturated carbocycles. The number of amides is 1. The Morgan fingerprint density at radius 1 is 1.47 bits per heavy atom. The Hall–Kier alpha value is -1.55. The fourth-order valence-electron chi connectivity index (χ4n) is 2.90. The highest BCUT2D eigenvalue weighted by molar-refractivity contribution is 5.73. The highest BCUT2D eigenvalue weighted by Crippen LogP contribution is 2.35. The molecular formula is C15H22N2O2. The molecule has 2 atom stereocenters. The van der Waals surface area contributed by atoms with Gasteiger partial charge in [-0.25, -0.2) is 0 Å². The molecule has 1 saturated heterocycles. The number of para-hydroxylation sites is 1. The number of ether oxygens (including phenoxy) is 1. The minimum atomic E-state index is -0.0339. The summed E-state index contributed by atoms with van der Waals surface area (Å²) in [5.41, 5.74) is 8.55. The average Bonchev–Trinajstić information content (AvgIpc) is 2.38. The molecule has 1 aromatic rings. The molecule has 1 aliphatic heterocycles. The molecule has 1 fully saturated rings. The first kappa shape index (κ1) is 13.9. The summed E-state index contributed by atoms with van der Waals surface area (Å²) in [5.74, 6) is 1.29. The van der Waals surface area contributed by atoms with E-state index in [9.17, 15) is 4.79 Å². The number of nitrogens with two attached hydrogens (primary N) is 1. The highest BCUT2D eigenvalue weighted by Gasteiger charge is 2.30. The first-order valence-corrected chi connectivity index (χ1v) is 6.69. The first-order valence-electron chi connectivity index (χ1n) is 6.69. The van der Waals surface area contributed by atoms with E-state index in [0.717, 1.165) is 24.3 Å². The van der Waals surface area contributed by atoms with Gasteiger partial charge in [-0.2, -0.15) is 0 Å². The Balaban J connectivity index is 2.24. The van der Waals surface area contributed by atoms with Crippen LogP contribution in [0.2, 0.25) is 0 Å². The summed E-state index contributed by atoms with van der Waals surface area (Å²) in [4.78, 5) is 13.2. The number of benzene rings is 1. The van der Waals surface area contributed by atoms with E-state index < -0.39 is 0 Å². The third-order valence-electron chi connectivity index (χ3n) is 3.95. The van der Waals surface area contributed by atoms with Crippen molar-refractivity contribution >= 4 is 5.91 Å². The number of hydrogen-bond acceptors (Lipinski definition) is 3. The van der Waals surface area contributed by atoms with Gasteiger partial charge in [0.1, 0.15) is 5.75 Å². The zero-order valence-electron chi connectivity index (χ0n) is 11.8. The van der Waals surface area contributed by atoms with Crippen molar-refractivity contribution in [3.8, 4) is 5.75 Å². The van der Waals surface area contributed by atoms with Crippen LogP contribution >= 0.6 is 0 Å². The summed E-state index contributed by atoms with van der Waals surface area (Å²) >= 11 is 0. The van der Waals surface area contributed by atoms with E-state index in [1.54, 1.807) is 14.0 Å². The van der Waals surface area contributed by atoms with Gasteiger partial charge in [-0.05, 0) is 24.5 Å². The molecule has 104 valence electrons. The SMILES string of the molecule is COc1c(C)cccc1C1CCN(C(C)=O)CC1N. The molecule has 4 heteroatoms. The van der Waals surface area contributed by atoms with Gasteiger partial charge in [-0.15, -0.1) is 0 Å². The largest absolute Gasteiger partial charge is 0.496 e. The van der Waals surface area contributed by atoms with Crippen molar-refractivity contribution in [2.75, 3.05) is 20.2 Å². The van der Waals surface area contributed by atoms with E-state index in [2.05, 4.69) is 6.07 Å². The molecule has 19 heavy (non-hydrogen) atoms. The van der Waals surface area contributed by atoms with Crippen molar-refractivity contribution in [2.45, 2.75) is 32.2 Å². The first-order chi connectivity index (χ1) is 9.04. The third-order valence-corrected chi connectivity index (χ3v) is 3.95. The number of carbonyl (C=O) groups is 1. The van der Waals surface area contributed by atoms with Gasteiger partial charge in [0.2, 0.25) is 5.91 Å². The molecule has 1 heterocycles. The van der Waals surface area contributed by atoms with Crippen LogP contribution in [0, 0.1) is 6.92 Å². The van der Waals surface area contributed by atoms with Gasteiger partial charge in [-0.3, -0.25) is 4.79 Å². The number of nitrogens with zero attached hydrogens (tertiary/aromatic N) is 1. The summed E-state index contributed by atoms with van der Waals surface area (Å²) in [6, 6.07) is 6.13. The van der Waals surface area contributed by atoms with Crippen molar-refractivity contribution in [1.29, 1.82) is 0 Å². The molecule has 1 aromatic carbocycles. The van der Waals surface area contributed by atoms with Gasteiger partial charge in [0.15, 0.2) is 0 Å². The summed E-state index contributed by atoms with van der Waals surface area (Å²) in [6.07, 6.45) is 0.889. The monoisotopic (exact) mass is 262 g/mol. The third kappa shape index (κ3) is 2.73. The van der Waals surface area contributed by atoms with Crippen LogP contribution in [0.15, 0.2) is 18.2 Å². The second-order valence-electron chi connectivity index (χ2n) is 5.22. The molecule has 0 spiro atoms. The van der Waals surface area contributed by atoms with E-state index in [-0.39, 0.29) is 17.9 Å². The molecule has 0 bridgehead atoms. The summed E-state index contributed by atoms with van der Waals surface area (Å²) < 4.78 is 5.52. The number of rotatable bonds is 2. The molecule has 2 rings (SSSR count). The van der Waals surface area contributed by atoms with Crippen molar-refractivity contribution in [1.82, 2.24) is 4.90 Å². The smallest absolute Gasteiger partial charge is 0.219 e. The molecule has 4 nitrogen and oxygen atoms in total. The van der Waals surface area contributed by atoms with Gasteiger partial charge in [-0.1, -0.05) is 18.2 Å². The summed E-state index contributed by atoms with van der Waals surface area (Å²) in [6.45, 7) is 5.03. The lowest BCUT2D eigenvalue weighted by Gasteiger charge is -2.37. The topological polar surface area (TPSA) is 55.6 Å². The van der Waals surface area contributed by atoms with Gasteiger partial charge in [0.05, 0.1) is 7.11 Å². The number of piperidine rings is 1. The molecule has 2 N–H and O–H groups in total. The summed E-state index contributed by atoms with van der Waals surface area (Å²) in [7, 11) is 1.70. The molecule has 0 aliphatic carbocycles. The maximum atomic E-state index is 11.4. The molecule has 0 radical (unpaired) electrons. The maximum Gasteiger partial charge on any atom is 0.219 e. The van der Waals surface area contributed by atoms with E-state index >= 15 is 0 Å². The van der Waals surface area contributed by atoms with Crippen LogP contribution in [0.3, 0.4) is 0 Å². The number of hydrogen-bond donors (Lipinski definition) is 1. The Bertz CT molecular complexity index is 473. The lowest BCUT2D eigenvalue weighted by molar-refractivity contribution is -0.130. The second-order valence-corrected chi connectivity index (χ2v) is 5.22. The van der Waals surface area contributed by atoms with Gasteiger partial charge >= 0.3 is 0 Å². The van der Waals surface area contributed by atoms with Gasteiger partial charge in [0, 0.05) is 32.0 Å². The minimum absolute atomic E-state index is 0.0339. The van der Waals surface area contributed by atoms with Crippen LogP contribution in [0.25, 0.3) is 0 Å². The maximum absolute atomic E-state index is 11.4. The Kier molecular flexibility index (Phi) is 4.10. The van der Waals surface area contributed by atoms with Crippen LogP contribution < -0.4 is 10.5 Å². The number of carbonyl (C=O) groups excluding carboxylic acids is 1. The zero-order valence-corrected chi connectivity index (χ0v) is 11.8. The van der Waals surface area contributed by atoms with E-state index in [0.29, 0.717) is 6.54 Å². The number of methoxy groups -OCH3 is 1.